The van der Waals surface area contributed by atoms with Crippen molar-refractivity contribution in [1.82, 2.24) is 4.90 Å². The minimum atomic E-state index is -0.431. The maximum Gasteiger partial charge on any atom is 0.121 e. The fourth-order valence-corrected chi connectivity index (χ4v) is 4.41. The number of hydrogen-bond acceptors (Lipinski definition) is 3. The molecule has 2 aromatic carbocycles. The van der Waals surface area contributed by atoms with Crippen molar-refractivity contribution in [3.05, 3.63) is 65.2 Å². The monoisotopic (exact) mass is 355 g/mol. The molecule has 2 rings (SSSR count). The van der Waals surface area contributed by atoms with E-state index >= 15 is 0 Å². The van der Waals surface area contributed by atoms with Crippen LogP contribution >= 0.6 is 0 Å². The molecule has 1 unspecified atom stereocenters. The molecule has 0 amide bonds. The van der Waals surface area contributed by atoms with Gasteiger partial charge < -0.3 is 10.2 Å². The van der Waals surface area contributed by atoms with E-state index in [1.807, 2.05) is 12.1 Å². The minimum absolute atomic E-state index is 0.104. The van der Waals surface area contributed by atoms with E-state index in [1.54, 1.807) is 6.07 Å². The summed E-state index contributed by atoms with van der Waals surface area (Å²) in [5, 5.41) is 20.2. The second kappa shape index (κ2) is 8.70. The van der Waals surface area contributed by atoms with Gasteiger partial charge in [0.05, 0.1) is 5.54 Å². The maximum absolute atomic E-state index is 10.9. The summed E-state index contributed by atoms with van der Waals surface area (Å²) in [6, 6.07) is 16.8. The Bertz CT molecular complexity index is 689. The summed E-state index contributed by atoms with van der Waals surface area (Å²) in [5.74, 6) is 0.309. The zero-order chi connectivity index (χ0) is 19.3. The van der Waals surface area contributed by atoms with Crippen molar-refractivity contribution in [1.29, 1.82) is 0 Å². The zero-order valence-corrected chi connectivity index (χ0v) is 16.7. The summed E-state index contributed by atoms with van der Waals surface area (Å²) < 4.78 is 0. The third-order valence-corrected chi connectivity index (χ3v) is 5.22. The van der Waals surface area contributed by atoms with Gasteiger partial charge >= 0.3 is 0 Å². The molecule has 142 valence electrons. The average Bonchev–Trinajstić information content (AvgIpc) is 2.61. The molecule has 26 heavy (non-hydrogen) atoms. The molecule has 0 bridgehead atoms. The van der Waals surface area contributed by atoms with Gasteiger partial charge in [-0.25, -0.2) is 0 Å². The molecule has 0 saturated carbocycles. The molecule has 0 fully saturated rings. The largest absolute Gasteiger partial charge is 0.508 e. The fourth-order valence-electron chi connectivity index (χ4n) is 4.41. The first-order valence-corrected chi connectivity index (χ1v) is 9.65. The molecule has 2 N–H and O–H groups in total. The number of nitrogens with zero attached hydrogens (tertiary/aromatic N) is 1. The molecule has 1 atom stereocenters. The minimum Gasteiger partial charge on any atom is -0.508 e. The van der Waals surface area contributed by atoms with Crippen molar-refractivity contribution < 1.29 is 10.2 Å². The Morgan fingerprint density at radius 1 is 0.962 bits per heavy atom. The number of phenols is 1. The van der Waals surface area contributed by atoms with Crippen LogP contribution in [0.15, 0.2) is 48.5 Å². The van der Waals surface area contributed by atoms with Gasteiger partial charge in [0.2, 0.25) is 0 Å². The second-order valence-corrected chi connectivity index (χ2v) is 7.50. The van der Waals surface area contributed by atoms with Gasteiger partial charge in [-0.3, -0.25) is 4.90 Å². The number of hydrogen-bond donors (Lipinski definition) is 2. The van der Waals surface area contributed by atoms with Crippen LogP contribution in [0, 0.1) is 0 Å². The van der Waals surface area contributed by atoms with Gasteiger partial charge in [-0.15, -0.1) is 0 Å². The van der Waals surface area contributed by atoms with Gasteiger partial charge in [-0.1, -0.05) is 43.3 Å². The normalized spacial score (nSPS) is 14.2. The number of aromatic hydroxyl groups is 1. The van der Waals surface area contributed by atoms with Crippen LogP contribution in [0.4, 0.5) is 0 Å². The highest BCUT2D eigenvalue weighted by molar-refractivity contribution is 5.48. The maximum atomic E-state index is 10.9. The van der Waals surface area contributed by atoms with E-state index in [4.69, 9.17) is 0 Å². The standard InChI is InChI=1S/C23H33NO2/c1-6-23(20-10-8-7-9-11-20,24(17(2)3)18(4)5)21-16-19(14-15-25)12-13-22(21)26/h7-13,16-18,25-26H,6,14-15H2,1-5H3. The molecule has 2 aromatic rings. The Kier molecular flexibility index (Phi) is 6.85. The number of benzene rings is 2. The molecule has 0 aromatic heterocycles. The quantitative estimate of drug-likeness (QED) is 0.721. The Hall–Kier alpha value is -1.84. The van der Waals surface area contributed by atoms with E-state index in [2.05, 4.69) is 69.9 Å². The highest BCUT2D eigenvalue weighted by Crippen LogP contribution is 2.45. The predicted octanol–water partition coefficient (Wildman–Crippen LogP) is 4.70. The lowest BCUT2D eigenvalue weighted by Crippen LogP contribution is -2.53. The summed E-state index contributed by atoms with van der Waals surface area (Å²) >= 11 is 0. The summed E-state index contributed by atoms with van der Waals surface area (Å²) in [6.45, 7) is 11.1. The lowest BCUT2D eigenvalue weighted by molar-refractivity contribution is 0.0459. The molecular formula is C23H33NO2. The third kappa shape index (κ3) is 3.79. The molecule has 3 heteroatoms. The number of aliphatic hydroxyl groups is 1. The average molecular weight is 356 g/mol. The lowest BCUT2D eigenvalue weighted by Gasteiger charge is -2.49. The highest BCUT2D eigenvalue weighted by atomic mass is 16.3. The van der Waals surface area contributed by atoms with E-state index < -0.39 is 5.54 Å². The summed E-state index contributed by atoms with van der Waals surface area (Å²) in [4.78, 5) is 2.49. The third-order valence-electron chi connectivity index (χ3n) is 5.22. The fraction of sp³-hybridized carbons (Fsp3) is 0.478. The zero-order valence-electron chi connectivity index (χ0n) is 16.7. The predicted molar refractivity (Wildman–Crippen MR) is 109 cm³/mol. The molecule has 0 aliphatic carbocycles. The summed E-state index contributed by atoms with van der Waals surface area (Å²) in [6.07, 6.45) is 1.43. The summed E-state index contributed by atoms with van der Waals surface area (Å²) in [7, 11) is 0. The van der Waals surface area contributed by atoms with Gasteiger partial charge in [-0.2, -0.15) is 0 Å². The molecule has 0 radical (unpaired) electrons. The molecule has 3 nitrogen and oxygen atoms in total. The molecule has 0 heterocycles. The summed E-state index contributed by atoms with van der Waals surface area (Å²) in [5.41, 5.74) is 2.71. The van der Waals surface area contributed by atoms with E-state index in [-0.39, 0.29) is 6.61 Å². The molecule has 0 aliphatic heterocycles. The van der Waals surface area contributed by atoms with Gasteiger partial charge in [-0.05, 0) is 63.8 Å². The first-order valence-electron chi connectivity index (χ1n) is 9.65. The number of rotatable bonds is 8. The van der Waals surface area contributed by atoms with Crippen molar-refractivity contribution in [3.63, 3.8) is 0 Å². The van der Waals surface area contributed by atoms with E-state index in [0.29, 0.717) is 24.3 Å². The topological polar surface area (TPSA) is 43.7 Å². The Morgan fingerprint density at radius 3 is 2.08 bits per heavy atom. The van der Waals surface area contributed by atoms with Crippen LogP contribution in [-0.2, 0) is 12.0 Å². The molecular weight excluding hydrogens is 322 g/mol. The number of aliphatic hydroxyl groups excluding tert-OH is 1. The van der Waals surface area contributed by atoms with Crippen LogP contribution in [0.3, 0.4) is 0 Å². The highest BCUT2D eigenvalue weighted by Gasteiger charge is 2.43. The van der Waals surface area contributed by atoms with E-state index in [0.717, 1.165) is 17.5 Å². The smallest absolute Gasteiger partial charge is 0.121 e. The number of phenolic OH excluding ortho intramolecular Hbond substituents is 1. The second-order valence-electron chi connectivity index (χ2n) is 7.50. The van der Waals surface area contributed by atoms with E-state index in [1.165, 1.54) is 5.56 Å². The van der Waals surface area contributed by atoms with Crippen LogP contribution in [0.5, 0.6) is 5.75 Å². The van der Waals surface area contributed by atoms with Crippen molar-refractivity contribution in [2.75, 3.05) is 6.61 Å². The van der Waals surface area contributed by atoms with Crippen molar-refractivity contribution >= 4 is 0 Å². The first kappa shape index (κ1) is 20.5. The van der Waals surface area contributed by atoms with Crippen LogP contribution in [0.1, 0.15) is 57.7 Å². The van der Waals surface area contributed by atoms with Crippen LogP contribution in [0.2, 0.25) is 0 Å². The van der Waals surface area contributed by atoms with Gasteiger partial charge in [0.1, 0.15) is 5.75 Å². The van der Waals surface area contributed by atoms with Crippen LogP contribution in [-0.4, -0.2) is 33.8 Å². The van der Waals surface area contributed by atoms with Gasteiger partial charge in [0, 0.05) is 24.3 Å². The molecule has 0 aliphatic rings. The van der Waals surface area contributed by atoms with Crippen molar-refractivity contribution in [2.45, 2.75) is 65.1 Å². The SMILES string of the molecule is CCC(c1ccccc1)(c1cc(CCO)ccc1O)N(C(C)C)C(C)C. The van der Waals surface area contributed by atoms with Crippen LogP contribution < -0.4 is 0 Å². The lowest BCUT2D eigenvalue weighted by atomic mass is 9.76. The Labute approximate surface area is 158 Å². The Balaban J connectivity index is 2.82. The van der Waals surface area contributed by atoms with Gasteiger partial charge in [0.15, 0.2) is 0 Å². The molecule has 0 spiro atoms. The van der Waals surface area contributed by atoms with Crippen molar-refractivity contribution in [2.24, 2.45) is 0 Å². The Morgan fingerprint density at radius 2 is 1.58 bits per heavy atom. The molecule has 0 saturated heterocycles. The van der Waals surface area contributed by atoms with Crippen molar-refractivity contribution in [3.8, 4) is 5.75 Å². The first-order chi connectivity index (χ1) is 12.4. The van der Waals surface area contributed by atoms with E-state index in [9.17, 15) is 10.2 Å². The van der Waals surface area contributed by atoms with Gasteiger partial charge in [0.25, 0.3) is 0 Å². The van der Waals surface area contributed by atoms with Crippen LogP contribution in [0.25, 0.3) is 0 Å².